The zero-order chi connectivity index (χ0) is 68.3. The maximum absolute atomic E-state index is 12.9. The number of allylic oxidation sites excluding steroid dienone is 18. The second-order valence-electron chi connectivity index (χ2n) is 27.7. The number of quaternary nitrogens is 1. The van der Waals surface area contributed by atoms with Gasteiger partial charge in [0.05, 0.1) is 27.7 Å². The first-order chi connectivity index (χ1) is 46.0. The highest BCUT2D eigenvalue weighted by Crippen LogP contribution is 2.43. The van der Waals surface area contributed by atoms with Crippen LogP contribution in [0.5, 0.6) is 0 Å². The number of likely N-dealkylation sites (N-methyl/N-ethyl adjacent to an activating group) is 1. The number of nitrogens with zero attached hydrogens (tertiary/aromatic N) is 1. The van der Waals surface area contributed by atoms with E-state index >= 15 is 0 Å². The molecule has 0 amide bonds. The molecule has 544 valence electrons. The summed E-state index contributed by atoms with van der Waals surface area (Å²) in [4.78, 5) is 36.0. The number of phosphoric acid groups is 1. The Morgan fingerprint density at radius 1 is 0.330 bits per heavy atom. The second-order valence-corrected chi connectivity index (χ2v) is 29.1. The summed E-state index contributed by atoms with van der Waals surface area (Å²) < 4.78 is 34.8. The summed E-state index contributed by atoms with van der Waals surface area (Å²) in [5.41, 5.74) is 0. The van der Waals surface area contributed by atoms with Crippen molar-refractivity contribution in [3.8, 4) is 0 Å². The number of carbonyl (C=O) groups is 2. The Morgan fingerprint density at radius 3 is 0.851 bits per heavy atom. The Balaban J connectivity index is 3.92. The van der Waals surface area contributed by atoms with Crippen LogP contribution in [-0.2, 0) is 32.7 Å². The van der Waals surface area contributed by atoms with Crippen molar-refractivity contribution in [1.82, 2.24) is 0 Å². The molecule has 0 aliphatic heterocycles. The number of esters is 2. The van der Waals surface area contributed by atoms with E-state index in [0.717, 1.165) is 89.9 Å². The number of hydrogen-bond donors (Lipinski definition) is 1. The van der Waals surface area contributed by atoms with Crippen molar-refractivity contribution in [3.63, 3.8) is 0 Å². The lowest BCUT2D eigenvalue weighted by molar-refractivity contribution is -0.870. The maximum atomic E-state index is 12.9. The molecule has 94 heavy (non-hydrogen) atoms. The van der Waals surface area contributed by atoms with Crippen LogP contribution in [0.4, 0.5) is 0 Å². The van der Waals surface area contributed by atoms with E-state index in [1.807, 2.05) is 21.1 Å². The molecule has 0 aromatic heterocycles. The van der Waals surface area contributed by atoms with Crippen LogP contribution < -0.4 is 0 Å². The van der Waals surface area contributed by atoms with Gasteiger partial charge in [-0.3, -0.25) is 18.6 Å². The Bertz CT molecular complexity index is 1960. The molecule has 0 radical (unpaired) electrons. The number of ether oxygens (including phenoxy) is 2. The molecule has 10 heteroatoms. The third-order valence-electron chi connectivity index (χ3n) is 17.3. The van der Waals surface area contributed by atoms with E-state index in [1.165, 1.54) is 238 Å². The number of carbonyl (C=O) groups excluding carboxylic acids is 2. The minimum absolute atomic E-state index is 0.0307. The highest BCUT2D eigenvalue weighted by molar-refractivity contribution is 7.47. The quantitative estimate of drug-likeness (QED) is 0.0211. The van der Waals surface area contributed by atoms with Crippen LogP contribution in [0.2, 0.25) is 0 Å². The van der Waals surface area contributed by atoms with Gasteiger partial charge in [-0.05, 0) is 96.3 Å². The lowest BCUT2D eigenvalue weighted by Gasteiger charge is -2.24. The first-order valence-electron chi connectivity index (χ1n) is 39.6. The van der Waals surface area contributed by atoms with E-state index in [-0.39, 0.29) is 25.6 Å². The van der Waals surface area contributed by atoms with Crippen LogP contribution >= 0.6 is 7.82 Å². The number of phosphoric ester groups is 1. The van der Waals surface area contributed by atoms with Crippen LogP contribution in [-0.4, -0.2) is 74.9 Å². The summed E-state index contributed by atoms with van der Waals surface area (Å²) in [6.45, 7) is 4.25. The van der Waals surface area contributed by atoms with Crippen molar-refractivity contribution in [3.05, 3.63) is 109 Å². The fraction of sp³-hybridized carbons (Fsp3) is 0.762. The van der Waals surface area contributed by atoms with Crippen molar-refractivity contribution >= 4 is 19.8 Å². The van der Waals surface area contributed by atoms with E-state index in [9.17, 15) is 19.0 Å². The summed E-state index contributed by atoms with van der Waals surface area (Å²) in [5.74, 6) is -0.783. The van der Waals surface area contributed by atoms with Crippen molar-refractivity contribution < 1.29 is 42.1 Å². The largest absolute Gasteiger partial charge is 0.472 e. The minimum Gasteiger partial charge on any atom is -0.462 e. The van der Waals surface area contributed by atoms with Gasteiger partial charge in [-0.15, -0.1) is 0 Å². The Hall–Kier alpha value is -3.33. The van der Waals surface area contributed by atoms with Gasteiger partial charge in [-0.1, -0.05) is 361 Å². The highest BCUT2D eigenvalue weighted by atomic mass is 31.2. The molecule has 0 saturated heterocycles. The molecule has 0 aromatic rings. The first kappa shape index (κ1) is 90.7. The van der Waals surface area contributed by atoms with E-state index in [0.29, 0.717) is 23.9 Å². The SMILES string of the molecule is CC/C=C\C/C=C\C/C=C\C/C=C\C/C=C\CCCCCCCCCCCCCCCCCC(=O)OC(COC(=O)CCCCCCCCCCCCCCCCCCCCCCCCCCCC/C=C\C/C=C\C/C=C\C/C=C\CC)COP(=O)(O)OCC[N+](C)(C)C. The van der Waals surface area contributed by atoms with Crippen molar-refractivity contribution in [2.75, 3.05) is 47.5 Å². The standard InChI is InChI=1S/C84H150NO8P/c1-6-8-10-12-14-16-18-20-22-24-26-28-30-32-34-36-38-39-40-41-42-43-44-45-47-48-50-52-54-56-58-60-62-64-66-68-70-72-74-76-83(86)90-80-82(81-92-94(88,89)91-79-78-85(3,4)5)93-84(87)77-75-73-71-69-67-65-63-61-59-57-55-53-51-49-46-37-35-33-31-29-27-25-23-21-19-17-15-13-11-9-7-2/h8-11,14-17,20-23,26-29,33,35,82H,6-7,12-13,18-19,24-25,30-32,34,36-81H2,1-5H3/p+1/b10-8-,11-9-,16-14-,17-15-,22-20-,23-21-,28-26-,29-27-,35-33-. The second kappa shape index (κ2) is 73.9. The Labute approximate surface area is 582 Å². The van der Waals surface area contributed by atoms with Gasteiger partial charge in [0, 0.05) is 12.8 Å². The lowest BCUT2D eigenvalue weighted by atomic mass is 10.0. The zero-order valence-corrected chi connectivity index (χ0v) is 63.1. The molecule has 2 unspecified atom stereocenters. The average Bonchev–Trinajstić information content (AvgIpc) is 1.66. The molecule has 2 atom stereocenters. The van der Waals surface area contributed by atoms with Gasteiger partial charge in [0.25, 0.3) is 0 Å². The third-order valence-corrected chi connectivity index (χ3v) is 18.3. The average molecular weight is 1330 g/mol. The predicted molar refractivity (Wildman–Crippen MR) is 408 cm³/mol. The van der Waals surface area contributed by atoms with E-state index in [4.69, 9.17) is 18.5 Å². The van der Waals surface area contributed by atoms with Gasteiger partial charge in [-0.2, -0.15) is 0 Å². The molecule has 0 saturated carbocycles. The molecule has 9 nitrogen and oxygen atoms in total. The van der Waals surface area contributed by atoms with Crippen LogP contribution in [0.1, 0.15) is 361 Å². The fourth-order valence-corrected chi connectivity index (χ4v) is 12.1. The first-order valence-corrected chi connectivity index (χ1v) is 41.1. The topological polar surface area (TPSA) is 108 Å². The van der Waals surface area contributed by atoms with Crippen LogP contribution in [0.15, 0.2) is 109 Å². The van der Waals surface area contributed by atoms with Crippen molar-refractivity contribution in [2.45, 2.75) is 367 Å². The van der Waals surface area contributed by atoms with Crippen molar-refractivity contribution in [1.29, 1.82) is 0 Å². The summed E-state index contributed by atoms with van der Waals surface area (Å²) in [7, 11) is 1.49. The summed E-state index contributed by atoms with van der Waals surface area (Å²) in [6, 6.07) is 0. The molecule has 0 heterocycles. The zero-order valence-electron chi connectivity index (χ0n) is 62.2. The molecule has 1 N–H and O–H groups in total. The van der Waals surface area contributed by atoms with Crippen LogP contribution in [0.3, 0.4) is 0 Å². The number of hydrogen-bond acceptors (Lipinski definition) is 7. The number of rotatable bonds is 73. The van der Waals surface area contributed by atoms with E-state index in [1.54, 1.807) is 0 Å². The molecule has 0 aliphatic carbocycles. The van der Waals surface area contributed by atoms with E-state index in [2.05, 4.69) is 123 Å². The van der Waals surface area contributed by atoms with Gasteiger partial charge >= 0.3 is 19.8 Å². The van der Waals surface area contributed by atoms with Gasteiger partial charge in [-0.25, -0.2) is 4.57 Å². The van der Waals surface area contributed by atoms with Gasteiger partial charge in [0.1, 0.15) is 19.8 Å². The molecule has 0 aromatic carbocycles. The maximum Gasteiger partial charge on any atom is 0.472 e. The summed E-state index contributed by atoms with van der Waals surface area (Å²) in [6.07, 6.45) is 105. The number of unbranched alkanes of at least 4 members (excludes halogenated alkanes) is 41. The minimum atomic E-state index is -4.40. The third kappa shape index (κ3) is 77.7. The van der Waals surface area contributed by atoms with Crippen molar-refractivity contribution in [2.24, 2.45) is 0 Å². The molecule has 0 aliphatic rings. The fourth-order valence-electron chi connectivity index (χ4n) is 11.3. The normalized spacial score (nSPS) is 13.6. The molecular formula is C84H151NO8P+. The molecule has 0 rings (SSSR count). The smallest absolute Gasteiger partial charge is 0.462 e. The highest BCUT2D eigenvalue weighted by Gasteiger charge is 2.27. The Kier molecular flexibility index (Phi) is 71.3. The lowest BCUT2D eigenvalue weighted by Crippen LogP contribution is -2.37. The van der Waals surface area contributed by atoms with Gasteiger partial charge < -0.3 is 18.9 Å². The van der Waals surface area contributed by atoms with E-state index < -0.39 is 26.5 Å². The molecular weight excluding hydrogens is 1180 g/mol. The van der Waals surface area contributed by atoms with Gasteiger partial charge in [0.15, 0.2) is 6.10 Å². The monoisotopic (exact) mass is 1330 g/mol. The van der Waals surface area contributed by atoms with Crippen LogP contribution in [0, 0.1) is 0 Å². The molecule has 0 fully saturated rings. The molecule has 0 bridgehead atoms. The summed E-state index contributed by atoms with van der Waals surface area (Å²) >= 11 is 0. The van der Waals surface area contributed by atoms with Gasteiger partial charge in [0.2, 0.25) is 0 Å². The predicted octanol–water partition coefficient (Wildman–Crippen LogP) is 26.4. The van der Waals surface area contributed by atoms with Crippen LogP contribution in [0.25, 0.3) is 0 Å². The summed E-state index contributed by atoms with van der Waals surface area (Å²) in [5, 5.41) is 0. The Morgan fingerprint density at radius 2 is 0.574 bits per heavy atom. The molecule has 0 spiro atoms.